The number of aliphatic hydroxyl groups excluding tert-OH is 1. The van der Waals surface area contributed by atoms with E-state index >= 15 is 0 Å². The van der Waals surface area contributed by atoms with Gasteiger partial charge < -0.3 is 5.11 Å². The molecule has 0 spiro atoms. The van der Waals surface area contributed by atoms with Crippen molar-refractivity contribution < 1.29 is 23.5 Å². The van der Waals surface area contributed by atoms with Gasteiger partial charge in [-0.15, -0.1) is 5.10 Å². The third kappa shape index (κ3) is 2.88. The van der Waals surface area contributed by atoms with Crippen LogP contribution in [0, 0.1) is 11.6 Å². The Balaban J connectivity index is 1.64. The average molecular weight is 417 g/mol. The maximum absolute atomic E-state index is 15.0. The van der Waals surface area contributed by atoms with E-state index in [1.165, 1.54) is 24.3 Å². The van der Waals surface area contributed by atoms with Gasteiger partial charge in [0.05, 0.1) is 17.9 Å². The zero-order valence-corrected chi connectivity index (χ0v) is 15.8. The second-order valence-corrected chi connectivity index (χ2v) is 7.05. The molecule has 0 amide bonds. The number of benzene rings is 3. The molecule has 1 N–H and O–H groups in total. The van der Waals surface area contributed by atoms with Crippen molar-refractivity contribution in [1.29, 1.82) is 0 Å². The molecular formula is C23H13F2N3O3. The molecule has 0 unspecified atom stereocenters. The molecule has 5 rings (SSSR count). The number of aromatic nitrogens is 3. The number of carbonyl (C=O) groups is 2. The largest absolute Gasteiger partial charge is 0.392 e. The van der Waals surface area contributed by atoms with Gasteiger partial charge in [0.25, 0.3) is 0 Å². The number of rotatable bonds is 3. The Hall–Kier alpha value is -4.04. The van der Waals surface area contributed by atoms with E-state index in [-0.39, 0.29) is 45.9 Å². The van der Waals surface area contributed by atoms with E-state index in [0.717, 1.165) is 16.8 Å². The smallest absolute Gasteiger partial charge is 0.216 e. The highest BCUT2D eigenvalue weighted by atomic mass is 19.1. The van der Waals surface area contributed by atoms with Crippen molar-refractivity contribution in [1.82, 2.24) is 15.0 Å². The molecule has 0 saturated carbocycles. The van der Waals surface area contributed by atoms with E-state index < -0.39 is 23.2 Å². The van der Waals surface area contributed by atoms with Crippen LogP contribution in [-0.4, -0.2) is 31.7 Å². The topological polar surface area (TPSA) is 85.1 Å². The van der Waals surface area contributed by atoms with Gasteiger partial charge >= 0.3 is 0 Å². The summed E-state index contributed by atoms with van der Waals surface area (Å²) in [5.74, 6) is -2.75. The summed E-state index contributed by atoms with van der Waals surface area (Å²) in [6.45, 7) is -0.266. The van der Waals surface area contributed by atoms with Gasteiger partial charge in [0.2, 0.25) is 11.6 Å². The highest BCUT2D eigenvalue weighted by Crippen LogP contribution is 2.31. The van der Waals surface area contributed by atoms with Gasteiger partial charge in [0, 0.05) is 23.3 Å². The molecule has 31 heavy (non-hydrogen) atoms. The van der Waals surface area contributed by atoms with Crippen molar-refractivity contribution in [2.45, 2.75) is 6.61 Å². The summed E-state index contributed by atoms with van der Waals surface area (Å²) in [5.41, 5.74) is 0.502. The van der Waals surface area contributed by atoms with Crippen LogP contribution >= 0.6 is 0 Å². The minimum Gasteiger partial charge on any atom is -0.392 e. The van der Waals surface area contributed by atoms with Crippen molar-refractivity contribution in [3.63, 3.8) is 0 Å². The van der Waals surface area contributed by atoms with Gasteiger partial charge in [0.15, 0.2) is 5.69 Å². The first-order valence-electron chi connectivity index (χ1n) is 9.33. The Morgan fingerprint density at radius 3 is 2.23 bits per heavy atom. The zero-order chi connectivity index (χ0) is 21.7. The molecule has 6 nitrogen and oxygen atoms in total. The number of fused-ring (bicyclic) bond motifs is 2. The number of hydrogen-bond acceptors (Lipinski definition) is 5. The Labute approximate surface area is 174 Å². The highest BCUT2D eigenvalue weighted by Gasteiger charge is 2.35. The standard InChI is InChI=1S/C23H13F2N3O3/c24-17-9-14(10-18(25)19(17)13-5-3-4-12(8-13)11-29)28-21-20(26-27-28)22(30)15-6-1-2-7-16(15)23(21)31/h1-10,29H,11H2. The molecule has 0 bridgehead atoms. The summed E-state index contributed by atoms with van der Waals surface area (Å²) in [6, 6.07) is 14.6. The maximum atomic E-state index is 15.0. The minimum atomic E-state index is -0.885. The third-order valence-corrected chi connectivity index (χ3v) is 5.19. The lowest BCUT2D eigenvalue weighted by Crippen LogP contribution is -2.23. The number of aliphatic hydroxyl groups is 1. The maximum Gasteiger partial charge on any atom is 0.216 e. The van der Waals surface area contributed by atoms with Crippen molar-refractivity contribution >= 4 is 11.6 Å². The van der Waals surface area contributed by atoms with Gasteiger partial charge in [-0.2, -0.15) is 0 Å². The van der Waals surface area contributed by atoms with E-state index in [1.807, 2.05) is 0 Å². The summed E-state index contributed by atoms with van der Waals surface area (Å²) in [5, 5.41) is 16.9. The second kappa shape index (κ2) is 7.03. The molecule has 4 aromatic rings. The van der Waals surface area contributed by atoms with Gasteiger partial charge in [-0.1, -0.05) is 47.7 Å². The average Bonchev–Trinajstić information content (AvgIpc) is 3.23. The lowest BCUT2D eigenvalue weighted by atomic mass is 9.90. The predicted octanol–water partition coefficient (Wildman–Crippen LogP) is 3.48. The Kier molecular flexibility index (Phi) is 4.30. The lowest BCUT2D eigenvalue weighted by molar-refractivity contribution is 0.0972. The van der Waals surface area contributed by atoms with Crippen molar-refractivity contribution in [3.8, 4) is 16.8 Å². The molecule has 8 heteroatoms. The number of hydrogen-bond donors (Lipinski definition) is 1. The molecule has 0 fully saturated rings. The minimum absolute atomic E-state index is 0.0775. The van der Waals surface area contributed by atoms with E-state index in [4.69, 9.17) is 0 Å². The fraction of sp³-hybridized carbons (Fsp3) is 0.0435. The van der Waals surface area contributed by atoms with E-state index in [1.54, 1.807) is 24.3 Å². The van der Waals surface area contributed by atoms with E-state index in [9.17, 15) is 23.5 Å². The van der Waals surface area contributed by atoms with Crippen molar-refractivity contribution in [2.75, 3.05) is 0 Å². The van der Waals surface area contributed by atoms with Crippen LogP contribution in [-0.2, 0) is 6.61 Å². The molecule has 1 aromatic heterocycles. The normalized spacial score (nSPS) is 12.6. The molecule has 0 atom stereocenters. The van der Waals surface area contributed by atoms with Crippen LogP contribution in [0.15, 0.2) is 60.7 Å². The molecule has 1 heterocycles. The Morgan fingerprint density at radius 2 is 1.55 bits per heavy atom. The highest BCUT2D eigenvalue weighted by molar-refractivity contribution is 6.27. The quantitative estimate of drug-likeness (QED) is 0.486. The first kappa shape index (κ1) is 19.0. The van der Waals surface area contributed by atoms with Crippen LogP contribution in [0.5, 0.6) is 0 Å². The Morgan fingerprint density at radius 1 is 0.871 bits per heavy atom. The first-order chi connectivity index (χ1) is 15.0. The van der Waals surface area contributed by atoms with Crippen LogP contribution in [0.25, 0.3) is 16.8 Å². The zero-order valence-electron chi connectivity index (χ0n) is 15.8. The summed E-state index contributed by atoms with van der Waals surface area (Å²) in [6.07, 6.45) is 0. The molecule has 1 aliphatic rings. The second-order valence-electron chi connectivity index (χ2n) is 7.05. The summed E-state index contributed by atoms with van der Waals surface area (Å²) in [4.78, 5) is 25.7. The molecule has 0 radical (unpaired) electrons. The van der Waals surface area contributed by atoms with E-state index in [0.29, 0.717) is 5.56 Å². The molecule has 1 aliphatic carbocycles. The number of nitrogens with zero attached hydrogens (tertiary/aromatic N) is 3. The molecule has 0 aliphatic heterocycles. The summed E-state index contributed by atoms with van der Waals surface area (Å²) >= 11 is 0. The molecular weight excluding hydrogens is 404 g/mol. The van der Waals surface area contributed by atoms with E-state index in [2.05, 4.69) is 10.3 Å². The number of halogens is 2. The molecule has 0 saturated heterocycles. The van der Waals surface area contributed by atoms with Crippen LogP contribution in [0.3, 0.4) is 0 Å². The van der Waals surface area contributed by atoms with Crippen LogP contribution in [0.4, 0.5) is 8.78 Å². The summed E-state index contributed by atoms with van der Waals surface area (Å²) in [7, 11) is 0. The third-order valence-electron chi connectivity index (χ3n) is 5.19. The Bertz CT molecular complexity index is 1370. The predicted molar refractivity (Wildman–Crippen MR) is 106 cm³/mol. The lowest BCUT2D eigenvalue weighted by Gasteiger charge is -2.15. The fourth-order valence-electron chi connectivity index (χ4n) is 3.74. The number of ketones is 2. The van der Waals surface area contributed by atoms with Crippen LogP contribution in [0.2, 0.25) is 0 Å². The fourth-order valence-corrected chi connectivity index (χ4v) is 3.74. The van der Waals surface area contributed by atoms with Gasteiger partial charge in [0.1, 0.15) is 17.3 Å². The van der Waals surface area contributed by atoms with Crippen LogP contribution in [0.1, 0.15) is 37.7 Å². The van der Waals surface area contributed by atoms with Crippen molar-refractivity contribution in [3.05, 3.63) is 100 Å². The first-order valence-corrected chi connectivity index (χ1v) is 9.33. The van der Waals surface area contributed by atoms with Gasteiger partial charge in [-0.25, -0.2) is 13.5 Å². The van der Waals surface area contributed by atoms with Gasteiger partial charge in [-0.05, 0) is 17.2 Å². The number of carbonyl (C=O) groups excluding carboxylic acids is 2. The molecule has 3 aromatic carbocycles. The molecule has 152 valence electrons. The van der Waals surface area contributed by atoms with Gasteiger partial charge in [-0.3, -0.25) is 9.59 Å². The summed E-state index contributed by atoms with van der Waals surface area (Å²) < 4.78 is 30.9. The monoisotopic (exact) mass is 417 g/mol. The SMILES string of the molecule is O=C1c2ccccc2C(=O)c2c1nnn2-c1cc(F)c(-c2cccc(CO)c2)c(F)c1. The van der Waals surface area contributed by atoms with Crippen LogP contribution < -0.4 is 0 Å². The van der Waals surface area contributed by atoms with Crippen molar-refractivity contribution in [2.24, 2.45) is 0 Å².